The molecule has 0 aliphatic heterocycles. The van der Waals surface area contributed by atoms with Crippen molar-refractivity contribution in [1.29, 1.82) is 0 Å². The van der Waals surface area contributed by atoms with E-state index >= 15 is 0 Å². The Morgan fingerprint density at radius 1 is 1.33 bits per heavy atom. The molecule has 0 aliphatic carbocycles. The molecule has 0 fully saturated rings. The molecule has 27 heavy (non-hydrogen) atoms. The molecule has 0 saturated heterocycles. The number of nitrogens with one attached hydrogen (secondary N) is 2. The molecular weight excluding hydrogens is 366 g/mol. The maximum absolute atomic E-state index is 12.2. The number of nitrogens with zero attached hydrogens (tertiary/aromatic N) is 3. The molecule has 0 atom stereocenters. The molecule has 0 unspecified atom stereocenters. The van der Waals surface area contributed by atoms with Crippen LogP contribution < -0.4 is 10.6 Å². The van der Waals surface area contributed by atoms with E-state index < -0.39 is 10.8 Å². The van der Waals surface area contributed by atoms with Crippen LogP contribution in [0.5, 0.6) is 0 Å². The van der Waals surface area contributed by atoms with E-state index in [1.54, 1.807) is 6.08 Å². The number of allylic oxidation sites excluding steroid dienone is 3. The van der Waals surface area contributed by atoms with Crippen LogP contribution in [-0.2, 0) is 0 Å². The van der Waals surface area contributed by atoms with Crippen molar-refractivity contribution in [2.24, 2.45) is 0 Å². The Hall–Kier alpha value is -3.07. The minimum absolute atomic E-state index is 0.138. The number of anilines is 2. The van der Waals surface area contributed by atoms with Gasteiger partial charge < -0.3 is 5.32 Å². The Bertz CT molecular complexity index is 847. The number of nitro groups is 1. The second-order valence-corrected chi connectivity index (χ2v) is 6.78. The Morgan fingerprint density at radius 2 is 2.11 bits per heavy atom. The van der Waals surface area contributed by atoms with Gasteiger partial charge >= 0.3 is 0 Å². The van der Waals surface area contributed by atoms with Crippen LogP contribution in [0.1, 0.15) is 36.5 Å². The van der Waals surface area contributed by atoms with E-state index in [4.69, 9.17) is 0 Å². The first-order valence-corrected chi connectivity index (χ1v) is 9.22. The maximum Gasteiger partial charge on any atom is 0.270 e. The number of rotatable bonds is 10. The fourth-order valence-electron chi connectivity index (χ4n) is 2.28. The molecule has 2 rings (SSSR count). The van der Waals surface area contributed by atoms with Gasteiger partial charge in [-0.3, -0.25) is 20.2 Å². The monoisotopic (exact) mass is 387 g/mol. The largest absolute Gasteiger partial charge is 0.360 e. The Morgan fingerprint density at radius 3 is 2.85 bits per heavy atom. The first kappa shape index (κ1) is 20.2. The van der Waals surface area contributed by atoms with Gasteiger partial charge in [0.05, 0.1) is 4.92 Å². The number of aromatic nitrogens is 2. The number of hydrogen-bond acceptors (Lipinski definition) is 7. The molecule has 0 radical (unpaired) electrons. The summed E-state index contributed by atoms with van der Waals surface area (Å²) < 4.78 is 0. The Labute approximate surface area is 161 Å². The van der Waals surface area contributed by atoms with Crippen molar-refractivity contribution in [3.05, 3.63) is 64.2 Å². The quantitative estimate of drug-likeness (QED) is 0.270. The molecule has 0 saturated carbocycles. The van der Waals surface area contributed by atoms with Crippen LogP contribution in [-0.4, -0.2) is 27.6 Å². The second kappa shape index (κ2) is 10.2. The summed E-state index contributed by atoms with van der Waals surface area (Å²) in [4.78, 5) is 22.4. The predicted octanol–water partition coefficient (Wildman–Crippen LogP) is 4.41. The molecule has 1 amide bonds. The van der Waals surface area contributed by atoms with Crippen LogP contribution in [0.15, 0.2) is 48.6 Å². The lowest BCUT2D eigenvalue weighted by atomic mass is 10.1. The van der Waals surface area contributed by atoms with Gasteiger partial charge in [-0.2, -0.15) is 0 Å². The third-order valence-electron chi connectivity index (χ3n) is 3.64. The molecule has 1 aromatic carbocycles. The van der Waals surface area contributed by atoms with Gasteiger partial charge in [0, 0.05) is 24.2 Å². The molecule has 2 N–H and O–H groups in total. The van der Waals surface area contributed by atoms with Crippen LogP contribution >= 0.6 is 11.3 Å². The fourth-order valence-corrected chi connectivity index (χ4v) is 2.95. The first-order chi connectivity index (χ1) is 13.0. The number of non-ortho nitro benzene ring substituents is 1. The van der Waals surface area contributed by atoms with Crippen LogP contribution in [0.25, 0.3) is 0 Å². The summed E-state index contributed by atoms with van der Waals surface area (Å²) in [7, 11) is 0. The molecule has 142 valence electrons. The third-order valence-corrected chi connectivity index (χ3v) is 4.44. The van der Waals surface area contributed by atoms with E-state index in [0.717, 1.165) is 25.8 Å². The van der Waals surface area contributed by atoms with E-state index in [1.807, 2.05) is 6.08 Å². The van der Waals surface area contributed by atoms with E-state index in [1.165, 1.54) is 41.2 Å². The normalized spacial score (nSPS) is 11.1. The standard InChI is InChI=1S/C18H21N5O3S/c1-3-7-13(2)8-4-5-11-19-17-21-22-18(27-17)20-16(24)14-9-6-10-15(12-14)23(25)26/h3,6-7,9-10,12H,1,4-5,8,11H2,2H3,(H,19,21)(H,20,22,24)/b13-7+. The van der Waals surface area contributed by atoms with E-state index in [9.17, 15) is 14.9 Å². The number of benzene rings is 1. The summed E-state index contributed by atoms with van der Waals surface area (Å²) in [6, 6.07) is 5.52. The maximum atomic E-state index is 12.2. The minimum atomic E-state index is -0.543. The number of hydrogen-bond donors (Lipinski definition) is 2. The summed E-state index contributed by atoms with van der Waals surface area (Å²) >= 11 is 1.22. The van der Waals surface area contributed by atoms with Crippen LogP contribution in [0.3, 0.4) is 0 Å². The second-order valence-electron chi connectivity index (χ2n) is 5.81. The lowest BCUT2D eigenvalue weighted by molar-refractivity contribution is -0.384. The van der Waals surface area contributed by atoms with Crippen molar-refractivity contribution in [1.82, 2.24) is 10.2 Å². The van der Waals surface area contributed by atoms with Crippen LogP contribution in [0.4, 0.5) is 16.0 Å². The average Bonchev–Trinajstić information content (AvgIpc) is 3.09. The van der Waals surface area contributed by atoms with Crippen molar-refractivity contribution >= 4 is 33.2 Å². The molecule has 2 aromatic rings. The van der Waals surface area contributed by atoms with Crippen molar-refractivity contribution < 1.29 is 9.72 Å². The number of amides is 1. The highest BCUT2D eigenvalue weighted by atomic mass is 32.1. The van der Waals surface area contributed by atoms with Crippen LogP contribution in [0.2, 0.25) is 0 Å². The van der Waals surface area contributed by atoms with Gasteiger partial charge in [0.2, 0.25) is 10.3 Å². The predicted molar refractivity (Wildman–Crippen MR) is 107 cm³/mol. The highest BCUT2D eigenvalue weighted by Crippen LogP contribution is 2.21. The van der Waals surface area contributed by atoms with Gasteiger partial charge in [-0.05, 0) is 32.3 Å². The van der Waals surface area contributed by atoms with Crippen molar-refractivity contribution in [2.75, 3.05) is 17.2 Å². The third kappa shape index (κ3) is 6.63. The molecule has 1 aromatic heterocycles. The number of carbonyl (C=O) groups excluding carboxylic acids is 1. The summed E-state index contributed by atoms with van der Waals surface area (Å²) in [5, 5.41) is 25.4. The van der Waals surface area contributed by atoms with Gasteiger partial charge in [0.1, 0.15) is 0 Å². The lowest BCUT2D eigenvalue weighted by Gasteiger charge is -2.02. The summed E-state index contributed by atoms with van der Waals surface area (Å²) in [5.41, 5.74) is 1.35. The Balaban J connectivity index is 1.81. The zero-order chi connectivity index (χ0) is 19.6. The molecule has 0 spiro atoms. The highest BCUT2D eigenvalue weighted by molar-refractivity contribution is 7.19. The van der Waals surface area contributed by atoms with Crippen LogP contribution in [0, 0.1) is 10.1 Å². The van der Waals surface area contributed by atoms with Crippen molar-refractivity contribution in [3.8, 4) is 0 Å². The highest BCUT2D eigenvalue weighted by Gasteiger charge is 2.13. The number of nitro benzene ring substituents is 1. The molecule has 0 bridgehead atoms. The molecule has 1 heterocycles. The van der Waals surface area contributed by atoms with Gasteiger partial charge in [-0.15, -0.1) is 10.2 Å². The van der Waals surface area contributed by atoms with Gasteiger partial charge in [-0.25, -0.2) is 0 Å². The summed E-state index contributed by atoms with van der Waals surface area (Å²) in [6.07, 6.45) is 6.86. The van der Waals surface area contributed by atoms with Gasteiger partial charge in [0.15, 0.2) is 0 Å². The van der Waals surface area contributed by atoms with E-state index in [2.05, 4.69) is 34.3 Å². The lowest BCUT2D eigenvalue weighted by Crippen LogP contribution is -2.11. The average molecular weight is 387 g/mol. The summed E-state index contributed by atoms with van der Waals surface area (Å²) in [5.74, 6) is -0.467. The van der Waals surface area contributed by atoms with Gasteiger partial charge in [0.25, 0.3) is 11.6 Å². The van der Waals surface area contributed by atoms with Gasteiger partial charge in [-0.1, -0.05) is 41.7 Å². The topological polar surface area (TPSA) is 110 Å². The van der Waals surface area contributed by atoms with Crippen molar-refractivity contribution in [2.45, 2.75) is 26.2 Å². The molecular formula is C18H21N5O3S. The molecule has 9 heteroatoms. The fraction of sp³-hybridized carbons (Fsp3) is 0.278. The number of carbonyl (C=O) groups is 1. The first-order valence-electron chi connectivity index (χ1n) is 8.41. The van der Waals surface area contributed by atoms with Crippen molar-refractivity contribution in [3.63, 3.8) is 0 Å². The molecule has 0 aliphatic rings. The Kier molecular flexibility index (Phi) is 7.63. The zero-order valence-electron chi connectivity index (χ0n) is 15.0. The summed E-state index contributed by atoms with van der Waals surface area (Å²) in [6.45, 7) is 6.51. The SMILES string of the molecule is C=C/C=C(\C)CCCCNc1nnc(NC(=O)c2cccc([N+](=O)[O-])c2)s1. The number of unbranched alkanes of at least 4 members (excludes halogenated alkanes) is 1. The van der Waals surface area contributed by atoms with E-state index in [0.29, 0.717) is 10.3 Å². The van der Waals surface area contributed by atoms with E-state index in [-0.39, 0.29) is 11.3 Å². The molecule has 8 nitrogen and oxygen atoms in total. The smallest absolute Gasteiger partial charge is 0.270 e. The zero-order valence-corrected chi connectivity index (χ0v) is 15.8. The minimum Gasteiger partial charge on any atom is -0.360 e.